The molecule has 8 nitrogen and oxygen atoms in total. The van der Waals surface area contributed by atoms with E-state index in [0.717, 1.165) is 37.0 Å². The summed E-state index contributed by atoms with van der Waals surface area (Å²) < 4.78 is 5.94. The van der Waals surface area contributed by atoms with Gasteiger partial charge in [0.05, 0.1) is 24.4 Å². The summed E-state index contributed by atoms with van der Waals surface area (Å²) in [4.78, 5) is 53.9. The SMILES string of the molecule is COc1cc(Br)cc([C@H]2C3=CC[C@@H]4C(=O)N(C5CCCCC5)C(=O)[C@@H]4[C@@H]3C[C@@]3(Cl)C(=O)N(CBr)C(=O)[C@@]23Cl)c1O. The smallest absolute Gasteiger partial charge is 0.254 e. The Morgan fingerprint density at radius 3 is 2.40 bits per heavy atom. The van der Waals surface area contributed by atoms with Gasteiger partial charge >= 0.3 is 0 Å². The summed E-state index contributed by atoms with van der Waals surface area (Å²) in [7, 11) is 1.40. The highest BCUT2D eigenvalue weighted by Crippen LogP contribution is 2.66. The minimum absolute atomic E-state index is 0.0843. The Labute approximate surface area is 258 Å². The lowest BCUT2D eigenvalue weighted by Crippen LogP contribution is -2.60. The van der Waals surface area contributed by atoms with Crippen LogP contribution in [0.1, 0.15) is 56.4 Å². The van der Waals surface area contributed by atoms with E-state index in [1.807, 2.05) is 6.08 Å². The van der Waals surface area contributed by atoms with Gasteiger partial charge in [0.15, 0.2) is 21.2 Å². The van der Waals surface area contributed by atoms with E-state index >= 15 is 0 Å². The zero-order chi connectivity index (χ0) is 28.7. The van der Waals surface area contributed by atoms with Crippen molar-refractivity contribution in [3.05, 3.63) is 33.8 Å². The van der Waals surface area contributed by atoms with Gasteiger partial charge < -0.3 is 9.84 Å². The van der Waals surface area contributed by atoms with Gasteiger partial charge in [0.1, 0.15) is 0 Å². The van der Waals surface area contributed by atoms with Crippen LogP contribution in [0.3, 0.4) is 0 Å². The molecule has 2 heterocycles. The van der Waals surface area contributed by atoms with E-state index in [2.05, 4.69) is 31.9 Å². The lowest BCUT2D eigenvalue weighted by Gasteiger charge is -2.50. The van der Waals surface area contributed by atoms with Crippen LogP contribution in [0.4, 0.5) is 0 Å². The molecule has 0 radical (unpaired) electrons. The number of benzene rings is 1. The minimum atomic E-state index is -1.99. The summed E-state index contributed by atoms with van der Waals surface area (Å²) in [5.74, 6) is -4.87. The van der Waals surface area contributed by atoms with Gasteiger partial charge in [-0.3, -0.25) is 29.0 Å². The van der Waals surface area contributed by atoms with E-state index < -0.39 is 45.2 Å². The quantitative estimate of drug-likeness (QED) is 0.199. The molecule has 6 rings (SSSR count). The second-order valence-corrected chi connectivity index (χ2v) is 14.0. The van der Waals surface area contributed by atoms with Gasteiger partial charge in [-0.1, -0.05) is 62.8 Å². The number of hydrogen-bond donors (Lipinski definition) is 1. The first-order valence-corrected chi connectivity index (χ1v) is 16.1. The number of likely N-dealkylation sites (tertiary alicyclic amines) is 2. The maximum Gasteiger partial charge on any atom is 0.254 e. The molecule has 1 N–H and O–H groups in total. The van der Waals surface area contributed by atoms with Crippen LogP contribution in [0.15, 0.2) is 28.3 Å². The molecule has 3 aliphatic carbocycles. The molecule has 0 aromatic heterocycles. The molecule has 4 amide bonds. The van der Waals surface area contributed by atoms with Gasteiger partial charge in [-0.05, 0) is 43.7 Å². The Morgan fingerprint density at radius 2 is 1.75 bits per heavy atom. The highest BCUT2D eigenvalue weighted by atomic mass is 79.9. The molecule has 2 aliphatic heterocycles. The first-order chi connectivity index (χ1) is 19.0. The first kappa shape index (κ1) is 28.5. The molecule has 2 saturated carbocycles. The number of carbonyl (C=O) groups excluding carboxylic acids is 4. The number of rotatable bonds is 4. The van der Waals surface area contributed by atoms with Crippen LogP contribution in [-0.2, 0) is 19.2 Å². The zero-order valence-electron chi connectivity index (χ0n) is 21.7. The van der Waals surface area contributed by atoms with Crippen molar-refractivity contribution in [2.24, 2.45) is 17.8 Å². The van der Waals surface area contributed by atoms with Crippen molar-refractivity contribution in [3.63, 3.8) is 0 Å². The standard InChI is InChI=1S/C28H28Br2Cl2N2O6/c1-40-19-10-13(30)9-17(22(19)35)21-15-7-8-16-20(24(37)34(23(16)36)14-5-3-2-4-6-14)18(15)11-27(31)25(38)33(12-29)26(39)28(21,27)32/h7,9-10,14,16,18,20-21,35H,2-6,8,11-12H2,1H3/t16-,18+,20-,21+,27+,28-/m0/s1. The summed E-state index contributed by atoms with van der Waals surface area (Å²) in [6, 6.07) is 3.08. The molecule has 1 aromatic carbocycles. The second-order valence-electron chi connectivity index (χ2n) is 11.4. The van der Waals surface area contributed by atoms with Crippen molar-refractivity contribution >= 4 is 78.7 Å². The minimum Gasteiger partial charge on any atom is -0.504 e. The van der Waals surface area contributed by atoms with E-state index in [1.165, 1.54) is 12.0 Å². The summed E-state index contributed by atoms with van der Waals surface area (Å²) >= 11 is 21.2. The highest BCUT2D eigenvalue weighted by molar-refractivity contribution is 9.10. The number of phenolic OH excluding ortho intramolecular Hbond substituents is 1. The molecule has 5 aliphatic rings. The molecule has 0 unspecified atom stereocenters. The number of allylic oxidation sites excluding steroid dienone is 2. The van der Waals surface area contributed by atoms with Gasteiger partial charge in [-0.25, -0.2) is 0 Å². The van der Waals surface area contributed by atoms with E-state index in [4.69, 9.17) is 27.9 Å². The van der Waals surface area contributed by atoms with Crippen LogP contribution in [0.2, 0.25) is 0 Å². The number of nitrogens with zero attached hydrogens (tertiary/aromatic N) is 2. The van der Waals surface area contributed by atoms with Gasteiger partial charge in [0, 0.05) is 22.0 Å². The van der Waals surface area contributed by atoms with Crippen molar-refractivity contribution in [2.75, 3.05) is 12.6 Å². The Balaban J connectivity index is 1.53. The number of methoxy groups -OCH3 is 1. The van der Waals surface area contributed by atoms with E-state index in [0.29, 0.717) is 16.5 Å². The van der Waals surface area contributed by atoms with Crippen molar-refractivity contribution in [3.8, 4) is 11.5 Å². The largest absolute Gasteiger partial charge is 0.504 e. The fourth-order valence-electron chi connectivity index (χ4n) is 7.79. The van der Waals surface area contributed by atoms with Crippen LogP contribution in [-0.4, -0.2) is 66.9 Å². The van der Waals surface area contributed by atoms with Gasteiger partial charge in [0.2, 0.25) is 11.8 Å². The number of ether oxygens (including phenoxy) is 1. The summed E-state index contributed by atoms with van der Waals surface area (Å²) in [5, 5.41) is 11.3. The number of aromatic hydroxyl groups is 1. The summed E-state index contributed by atoms with van der Waals surface area (Å²) in [6.45, 7) is 0. The maximum absolute atomic E-state index is 14.1. The molecule has 2 saturated heterocycles. The molecule has 0 spiro atoms. The Kier molecular flexibility index (Phi) is 7.12. The fraction of sp³-hybridized carbons (Fsp3) is 0.571. The number of alkyl halides is 3. The first-order valence-electron chi connectivity index (χ1n) is 13.4. The predicted octanol–water partition coefficient (Wildman–Crippen LogP) is 5.21. The number of phenols is 1. The molecule has 12 heteroatoms. The normalized spacial score (nSPS) is 36.0. The third kappa shape index (κ3) is 3.67. The molecular weight excluding hydrogens is 691 g/mol. The van der Waals surface area contributed by atoms with Crippen molar-refractivity contribution in [1.82, 2.24) is 9.80 Å². The van der Waals surface area contributed by atoms with Crippen LogP contribution < -0.4 is 4.74 Å². The molecule has 4 fully saturated rings. The van der Waals surface area contributed by atoms with Gasteiger partial charge in [-0.15, -0.1) is 23.2 Å². The molecule has 1 aromatic rings. The van der Waals surface area contributed by atoms with Gasteiger partial charge in [-0.2, -0.15) is 0 Å². The number of fused-ring (bicyclic) bond motifs is 4. The number of imide groups is 2. The average Bonchev–Trinajstić information content (AvgIpc) is 3.28. The molecule has 0 bridgehead atoms. The highest BCUT2D eigenvalue weighted by Gasteiger charge is 2.76. The van der Waals surface area contributed by atoms with Crippen molar-refractivity contribution < 1.29 is 29.0 Å². The summed E-state index contributed by atoms with van der Waals surface area (Å²) in [5.41, 5.74) is 0.767. The van der Waals surface area contributed by atoms with Crippen LogP contribution in [0.25, 0.3) is 0 Å². The Morgan fingerprint density at radius 1 is 1.05 bits per heavy atom. The maximum atomic E-state index is 14.1. The third-order valence-corrected chi connectivity index (χ3v) is 12.0. The lowest BCUT2D eigenvalue weighted by atomic mass is 9.56. The number of amides is 4. The zero-order valence-corrected chi connectivity index (χ0v) is 26.4. The van der Waals surface area contributed by atoms with E-state index in [1.54, 1.807) is 12.1 Å². The van der Waals surface area contributed by atoms with Crippen LogP contribution in [0, 0.1) is 17.8 Å². The lowest BCUT2D eigenvalue weighted by molar-refractivity contribution is -0.144. The predicted molar refractivity (Wildman–Crippen MR) is 154 cm³/mol. The Hall–Kier alpha value is -1.62. The Bertz CT molecular complexity index is 1370. The van der Waals surface area contributed by atoms with Crippen LogP contribution >= 0.6 is 55.1 Å². The van der Waals surface area contributed by atoms with E-state index in [9.17, 15) is 24.3 Å². The second kappa shape index (κ2) is 9.99. The topological polar surface area (TPSA) is 104 Å². The average molecular weight is 719 g/mol. The number of carbonyl (C=O) groups is 4. The van der Waals surface area contributed by atoms with Crippen molar-refractivity contribution in [1.29, 1.82) is 0 Å². The fourth-order valence-corrected chi connectivity index (χ4v) is 9.66. The molecule has 6 atom stereocenters. The monoisotopic (exact) mass is 716 g/mol. The molecule has 214 valence electrons. The van der Waals surface area contributed by atoms with Crippen molar-refractivity contribution in [2.45, 2.75) is 66.7 Å². The summed E-state index contributed by atoms with van der Waals surface area (Å²) in [6.07, 6.45) is 6.67. The van der Waals surface area contributed by atoms with Crippen LogP contribution in [0.5, 0.6) is 11.5 Å². The molecular formula is C28H28Br2Cl2N2O6. The van der Waals surface area contributed by atoms with Gasteiger partial charge in [0.25, 0.3) is 11.8 Å². The number of halogens is 4. The molecule has 40 heavy (non-hydrogen) atoms. The van der Waals surface area contributed by atoms with E-state index in [-0.39, 0.29) is 46.8 Å². The third-order valence-electron chi connectivity index (χ3n) is 9.59. The number of hydrogen-bond acceptors (Lipinski definition) is 6.